The van der Waals surface area contributed by atoms with Crippen molar-refractivity contribution in [3.63, 3.8) is 0 Å². The highest BCUT2D eigenvalue weighted by Gasteiger charge is 2.27. The van der Waals surface area contributed by atoms with Gasteiger partial charge in [-0.05, 0) is 52.0 Å². The lowest BCUT2D eigenvalue weighted by Gasteiger charge is -2.21. The average molecular weight is 494 g/mol. The molecule has 1 amide bonds. The van der Waals surface area contributed by atoms with Gasteiger partial charge in [0.05, 0.1) is 16.6 Å². The summed E-state index contributed by atoms with van der Waals surface area (Å²) in [5.74, 6) is 0.858. The quantitative estimate of drug-likeness (QED) is 0.462. The van der Waals surface area contributed by atoms with Gasteiger partial charge in [-0.15, -0.1) is 10.2 Å². The number of amides is 1. The zero-order chi connectivity index (χ0) is 21.8. The molecule has 2 aliphatic heterocycles. The number of nitrogens with zero attached hydrogens (tertiary/aromatic N) is 4. The molecule has 9 heteroatoms. The molecule has 2 aliphatic rings. The molecule has 0 unspecified atom stereocenters. The molecule has 0 aliphatic carbocycles. The van der Waals surface area contributed by atoms with Crippen molar-refractivity contribution in [2.45, 2.75) is 31.8 Å². The summed E-state index contributed by atoms with van der Waals surface area (Å²) in [5, 5.41) is 8.50. The van der Waals surface area contributed by atoms with Crippen LogP contribution < -0.4 is 5.56 Å². The molecule has 0 radical (unpaired) electrons. The Bertz CT molecular complexity index is 1410. The Hall–Kier alpha value is -3.04. The maximum atomic E-state index is 13.4. The number of carbonyl (C=O) groups excluding carboxylic acids is 1. The minimum atomic E-state index is -0.322. The van der Waals surface area contributed by atoms with E-state index >= 15 is 0 Å². The first-order valence-electron chi connectivity index (χ1n) is 10.6. The average Bonchev–Trinajstić information content (AvgIpc) is 3.45. The first-order valence-corrected chi connectivity index (χ1v) is 11.4. The van der Waals surface area contributed by atoms with Crippen LogP contribution in [0.1, 0.15) is 46.1 Å². The molecule has 0 spiro atoms. The molecular weight excluding hydrogens is 474 g/mol. The molecule has 1 N–H and O–H groups in total. The van der Waals surface area contributed by atoms with E-state index < -0.39 is 0 Å². The van der Waals surface area contributed by atoms with Crippen molar-refractivity contribution in [3.8, 4) is 0 Å². The molecule has 162 valence electrons. The number of aromatic amines is 1. The minimum absolute atomic E-state index is 0.0793. The lowest BCUT2D eigenvalue weighted by atomic mass is 9.99. The van der Waals surface area contributed by atoms with Gasteiger partial charge in [-0.1, -0.05) is 24.3 Å². The van der Waals surface area contributed by atoms with Gasteiger partial charge in [0.15, 0.2) is 0 Å². The van der Waals surface area contributed by atoms with Crippen LogP contribution in [0.5, 0.6) is 0 Å². The van der Waals surface area contributed by atoms with Gasteiger partial charge in [0.2, 0.25) is 5.65 Å². The number of hydrogen-bond acceptors (Lipinski definition) is 5. The van der Waals surface area contributed by atoms with Gasteiger partial charge in [-0.25, -0.2) is 0 Å². The van der Waals surface area contributed by atoms with Gasteiger partial charge in [0, 0.05) is 36.7 Å². The molecule has 2 aromatic heterocycles. The number of halogens is 1. The smallest absolute Gasteiger partial charge is 0.294 e. The summed E-state index contributed by atoms with van der Waals surface area (Å²) in [6.45, 7) is 2.49. The van der Waals surface area contributed by atoms with Crippen LogP contribution in [0.2, 0.25) is 0 Å². The van der Waals surface area contributed by atoms with Crippen LogP contribution in [-0.2, 0) is 17.8 Å². The minimum Gasteiger partial charge on any atom is -0.381 e. The van der Waals surface area contributed by atoms with Crippen molar-refractivity contribution in [2.24, 2.45) is 0 Å². The molecular formula is C23H20BrN5O3. The molecule has 2 aromatic carbocycles. The number of aromatic nitrogens is 4. The monoisotopic (exact) mass is 493 g/mol. The summed E-state index contributed by atoms with van der Waals surface area (Å²) in [6, 6.07) is 11.7. The predicted octanol–water partition coefficient (Wildman–Crippen LogP) is 3.38. The summed E-state index contributed by atoms with van der Waals surface area (Å²) in [6.07, 6.45) is 1.67. The zero-order valence-corrected chi connectivity index (χ0v) is 18.8. The lowest BCUT2D eigenvalue weighted by Crippen LogP contribution is -2.26. The van der Waals surface area contributed by atoms with Gasteiger partial charge < -0.3 is 14.6 Å². The van der Waals surface area contributed by atoms with Gasteiger partial charge in [0.25, 0.3) is 11.5 Å². The summed E-state index contributed by atoms with van der Waals surface area (Å²) >= 11 is 3.60. The molecule has 1 saturated heterocycles. The second-order valence-corrected chi connectivity index (χ2v) is 9.19. The van der Waals surface area contributed by atoms with E-state index in [1.807, 2.05) is 27.5 Å². The molecule has 0 saturated carbocycles. The predicted molar refractivity (Wildman–Crippen MR) is 122 cm³/mol. The first-order chi connectivity index (χ1) is 15.6. The maximum Gasteiger partial charge on any atom is 0.294 e. The van der Waals surface area contributed by atoms with Crippen molar-refractivity contribution in [1.82, 2.24) is 24.5 Å². The SMILES string of the molecule is O=C(c1cc2[nH]c(=O)c3nnc(C4CCOCC4)n3c2cc1Br)N1Cc2ccccc2C1. The molecule has 1 fully saturated rings. The number of carbonyl (C=O) groups is 1. The Morgan fingerprint density at radius 3 is 2.53 bits per heavy atom. The first kappa shape index (κ1) is 19.6. The highest BCUT2D eigenvalue weighted by Crippen LogP contribution is 2.31. The van der Waals surface area contributed by atoms with Gasteiger partial charge in [0.1, 0.15) is 5.82 Å². The number of rotatable bonds is 2. The van der Waals surface area contributed by atoms with E-state index in [1.165, 1.54) is 11.1 Å². The molecule has 32 heavy (non-hydrogen) atoms. The van der Waals surface area contributed by atoms with Gasteiger partial charge >= 0.3 is 0 Å². The number of ether oxygens (including phenoxy) is 1. The van der Waals surface area contributed by atoms with Crippen molar-refractivity contribution < 1.29 is 9.53 Å². The Kier molecular flexibility index (Phi) is 4.62. The molecule has 6 rings (SSSR count). The fourth-order valence-electron chi connectivity index (χ4n) is 4.74. The fraction of sp³-hybridized carbons (Fsp3) is 0.304. The van der Waals surface area contributed by atoms with Gasteiger partial charge in [-0.2, -0.15) is 0 Å². The normalized spacial score (nSPS) is 16.7. The highest BCUT2D eigenvalue weighted by atomic mass is 79.9. The molecule has 8 nitrogen and oxygen atoms in total. The number of fused-ring (bicyclic) bond motifs is 4. The Morgan fingerprint density at radius 2 is 1.81 bits per heavy atom. The van der Waals surface area contributed by atoms with Crippen molar-refractivity contribution in [3.05, 3.63) is 73.7 Å². The van der Waals surface area contributed by atoms with Crippen LogP contribution in [0, 0.1) is 0 Å². The van der Waals surface area contributed by atoms with Crippen LogP contribution >= 0.6 is 15.9 Å². The van der Waals surface area contributed by atoms with Crippen LogP contribution in [-0.4, -0.2) is 43.6 Å². The van der Waals surface area contributed by atoms with Crippen LogP contribution in [0.15, 0.2) is 45.7 Å². The summed E-state index contributed by atoms with van der Waals surface area (Å²) in [7, 11) is 0. The zero-order valence-electron chi connectivity index (χ0n) is 17.2. The van der Waals surface area contributed by atoms with Crippen molar-refractivity contribution >= 4 is 38.5 Å². The lowest BCUT2D eigenvalue weighted by molar-refractivity contribution is 0.0750. The Balaban J connectivity index is 1.45. The molecule has 0 atom stereocenters. The molecule has 0 bridgehead atoms. The molecule has 4 aromatic rings. The third-order valence-electron chi connectivity index (χ3n) is 6.41. The summed E-state index contributed by atoms with van der Waals surface area (Å²) in [4.78, 5) is 30.8. The maximum absolute atomic E-state index is 13.4. The van der Waals surface area contributed by atoms with E-state index in [9.17, 15) is 9.59 Å². The third-order valence-corrected chi connectivity index (χ3v) is 7.07. The van der Waals surface area contributed by atoms with Crippen molar-refractivity contribution in [1.29, 1.82) is 0 Å². The topological polar surface area (TPSA) is 92.6 Å². The second kappa shape index (κ2) is 7.53. The third kappa shape index (κ3) is 3.07. The Labute approximate surface area is 191 Å². The van der Waals surface area contributed by atoms with E-state index in [0.29, 0.717) is 41.9 Å². The number of H-pyrrole nitrogens is 1. The largest absolute Gasteiger partial charge is 0.381 e. The number of hydrogen-bond donors (Lipinski definition) is 1. The van der Waals surface area contributed by atoms with Crippen LogP contribution in [0.3, 0.4) is 0 Å². The van der Waals surface area contributed by atoms with E-state index in [0.717, 1.165) is 24.2 Å². The van der Waals surface area contributed by atoms with E-state index in [4.69, 9.17) is 4.74 Å². The van der Waals surface area contributed by atoms with E-state index in [1.54, 1.807) is 6.07 Å². The number of nitrogens with one attached hydrogen (secondary N) is 1. The second-order valence-electron chi connectivity index (χ2n) is 8.34. The highest BCUT2D eigenvalue weighted by molar-refractivity contribution is 9.10. The van der Waals surface area contributed by atoms with Gasteiger partial charge in [-0.3, -0.25) is 14.0 Å². The fourth-order valence-corrected chi connectivity index (χ4v) is 5.24. The van der Waals surface area contributed by atoms with E-state index in [-0.39, 0.29) is 23.0 Å². The summed E-state index contributed by atoms with van der Waals surface area (Å²) in [5.41, 5.74) is 4.13. The number of benzene rings is 2. The van der Waals surface area contributed by atoms with Crippen LogP contribution in [0.25, 0.3) is 16.7 Å². The summed E-state index contributed by atoms with van der Waals surface area (Å²) < 4.78 is 7.98. The molecule has 4 heterocycles. The van der Waals surface area contributed by atoms with E-state index in [2.05, 4.69) is 43.2 Å². The Morgan fingerprint density at radius 1 is 1.09 bits per heavy atom. The van der Waals surface area contributed by atoms with Crippen LogP contribution in [0.4, 0.5) is 0 Å². The standard InChI is InChI=1S/C23H20BrN5O3/c24-17-10-19-18(9-16(17)23(31)28-11-14-3-1-2-4-15(14)12-28)25-22(30)21-27-26-20(29(19)21)13-5-7-32-8-6-13/h1-4,9-10,13H,5-8,11-12H2,(H,25,30). The van der Waals surface area contributed by atoms with Crippen molar-refractivity contribution in [2.75, 3.05) is 13.2 Å².